The van der Waals surface area contributed by atoms with Crippen LogP contribution in [0, 0.1) is 0 Å². The summed E-state index contributed by atoms with van der Waals surface area (Å²) in [7, 11) is 0. The summed E-state index contributed by atoms with van der Waals surface area (Å²) in [5.74, 6) is 0. The lowest BCUT2D eigenvalue weighted by atomic mass is 9.82. The van der Waals surface area contributed by atoms with Crippen LogP contribution in [0.2, 0.25) is 0 Å². The van der Waals surface area contributed by atoms with Gasteiger partial charge in [-0.3, -0.25) is 0 Å². The van der Waals surface area contributed by atoms with Gasteiger partial charge in [0.25, 0.3) is 0 Å². The van der Waals surface area contributed by atoms with E-state index in [1.165, 1.54) is 11.1 Å². The van der Waals surface area contributed by atoms with Gasteiger partial charge in [0.05, 0.1) is 11.1 Å². The molecular weight excluding hydrogens is 246 g/mol. The third kappa shape index (κ3) is 2.10. The second-order valence-electron chi connectivity index (χ2n) is 6.41. The van der Waals surface area contributed by atoms with Gasteiger partial charge in [-0.25, -0.2) is 0 Å². The van der Waals surface area contributed by atoms with Gasteiger partial charge in [-0.05, 0) is 37.3 Å². The molecule has 20 heavy (non-hydrogen) atoms. The van der Waals surface area contributed by atoms with E-state index in [1.54, 1.807) is 5.06 Å². The van der Waals surface area contributed by atoms with Crippen molar-refractivity contribution in [2.75, 3.05) is 0 Å². The van der Waals surface area contributed by atoms with Crippen molar-refractivity contribution in [3.8, 4) is 0 Å². The van der Waals surface area contributed by atoms with Crippen molar-refractivity contribution in [1.29, 1.82) is 0 Å². The zero-order chi connectivity index (χ0) is 14.8. The number of nitrogens with zero attached hydrogens (tertiary/aromatic N) is 1. The third-order valence-corrected chi connectivity index (χ3v) is 4.95. The van der Waals surface area contributed by atoms with Crippen LogP contribution in [0.25, 0.3) is 0 Å². The first kappa shape index (κ1) is 15.5. The van der Waals surface area contributed by atoms with Gasteiger partial charge in [-0.2, -0.15) is 5.06 Å². The molecule has 0 spiro atoms. The van der Waals surface area contributed by atoms with Gasteiger partial charge >= 0.3 is 0 Å². The number of fused-ring (bicyclic) bond motifs is 1. The summed E-state index contributed by atoms with van der Waals surface area (Å²) >= 11 is 0. The molecule has 0 aliphatic carbocycles. The molecule has 2 heteroatoms. The van der Waals surface area contributed by atoms with Gasteiger partial charge < -0.3 is 5.21 Å². The van der Waals surface area contributed by atoms with Crippen molar-refractivity contribution >= 4 is 0 Å². The molecule has 1 aliphatic rings. The van der Waals surface area contributed by atoms with E-state index in [-0.39, 0.29) is 11.1 Å². The number of hydrogen-bond donors (Lipinski definition) is 1. The predicted molar refractivity (Wildman–Crippen MR) is 83.8 cm³/mol. The summed E-state index contributed by atoms with van der Waals surface area (Å²) in [6.07, 6.45) is 6.30. The van der Waals surface area contributed by atoms with Crippen molar-refractivity contribution in [3.05, 3.63) is 35.4 Å². The molecule has 0 fully saturated rings. The molecule has 1 aromatic carbocycles. The van der Waals surface area contributed by atoms with Crippen LogP contribution < -0.4 is 0 Å². The lowest BCUT2D eigenvalue weighted by molar-refractivity contribution is -0.238. The van der Waals surface area contributed by atoms with Crippen LogP contribution in [0.15, 0.2) is 24.3 Å². The normalized spacial score (nSPS) is 24.9. The van der Waals surface area contributed by atoms with E-state index in [1.807, 2.05) is 0 Å². The van der Waals surface area contributed by atoms with Crippen LogP contribution >= 0.6 is 0 Å². The molecule has 0 aromatic heterocycles. The van der Waals surface area contributed by atoms with Gasteiger partial charge in [0.1, 0.15) is 0 Å². The Kier molecular flexibility index (Phi) is 4.55. The van der Waals surface area contributed by atoms with Crippen LogP contribution in [0.1, 0.15) is 77.3 Å². The van der Waals surface area contributed by atoms with Crippen molar-refractivity contribution in [3.63, 3.8) is 0 Å². The molecule has 1 aliphatic heterocycles. The monoisotopic (exact) mass is 275 g/mol. The van der Waals surface area contributed by atoms with E-state index >= 15 is 0 Å². The molecule has 2 nitrogen and oxygen atoms in total. The molecular formula is C18H29NO. The Morgan fingerprint density at radius 1 is 0.900 bits per heavy atom. The molecule has 1 heterocycles. The highest BCUT2D eigenvalue weighted by molar-refractivity contribution is 5.43. The number of benzene rings is 1. The summed E-state index contributed by atoms with van der Waals surface area (Å²) in [6.45, 7) is 8.82. The Bertz CT molecular complexity index is 450. The molecule has 0 bridgehead atoms. The van der Waals surface area contributed by atoms with E-state index < -0.39 is 0 Å². The van der Waals surface area contributed by atoms with Crippen LogP contribution in [0.5, 0.6) is 0 Å². The second kappa shape index (κ2) is 5.87. The van der Waals surface area contributed by atoms with Gasteiger partial charge in [-0.1, -0.05) is 64.3 Å². The zero-order valence-corrected chi connectivity index (χ0v) is 13.4. The third-order valence-electron chi connectivity index (χ3n) is 4.95. The average molecular weight is 275 g/mol. The van der Waals surface area contributed by atoms with E-state index in [2.05, 4.69) is 52.0 Å². The van der Waals surface area contributed by atoms with Gasteiger partial charge in [0.15, 0.2) is 0 Å². The fourth-order valence-electron chi connectivity index (χ4n) is 4.22. The SMILES string of the molecule is CCCC1(C)c2ccccc2C(CCC)(CCC)N1O. The zero-order valence-electron chi connectivity index (χ0n) is 13.4. The topological polar surface area (TPSA) is 23.5 Å². The maximum Gasteiger partial charge on any atom is 0.0721 e. The number of rotatable bonds is 6. The average Bonchev–Trinajstić information content (AvgIpc) is 2.62. The lowest BCUT2D eigenvalue weighted by Gasteiger charge is -2.42. The molecule has 1 N–H and O–H groups in total. The van der Waals surface area contributed by atoms with Crippen LogP contribution in [0.3, 0.4) is 0 Å². The van der Waals surface area contributed by atoms with E-state index in [4.69, 9.17) is 0 Å². The first-order valence-corrected chi connectivity index (χ1v) is 8.16. The predicted octanol–water partition coefficient (Wildman–Crippen LogP) is 5.20. The van der Waals surface area contributed by atoms with Gasteiger partial charge in [0.2, 0.25) is 0 Å². The summed E-state index contributed by atoms with van der Waals surface area (Å²) in [5, 5.41) is 12.8. The summed E-state index contributed by atoms with van der Waals surface area (Å²) in [5.41, 5.74) is 2.24. The molecule has 1 unspecified atom stereocenters. The molecule has 1 aromatic rings. The molecule has 0 saturated carbocycles. The van der Waals surface area contributed by atoms with Crippen LogP contribution in [-0.4, -0.2) is 10.3 Å². The van der Waals surface area contributed by atoms with Crippen LogP contribution in [-0.2, 0) is 11.1 Å². The first-order chi connectivity index (χ1) is 9.56. The van der Waals surface area contributed by atoms with Gasteiger partial charge in [-0.15, -0.1) is 0 Å². The molecule has 2 rings (SSSR count). The summed E-state index contributed by atoms with van der Waals surface area (Å²) in [6, 6.07) is 8.66. The van der Waals surface area contributed by atoms with Crippen molar-refractivity contribution < 1.29 is 5.21 Å². The molecule has 0 radical (unpaired) electrons. The fourth-order valence-corrected chi connectivity index (χ4v) is 4.22. The maximum atomic E-state index is 11.1. The first-order valence-electron chi connectivity index (χ1n) is 8.16. The maximum absolute atomic E-state index is 11.1. The highest BCUT2D eigenvalue weighted by Gasteiger charge is 2.54. The smallest absolute Gasteiger partial charge is 0.0721 e. The number of hydrogen-bond acceptors (Lipinski definition) is 2. The minimum atomic E-state index is -0.240. The van der Waals surface area contributed by atoms with Crippen molar-refractivity contribution in [2.45, 2.75) is 77.3 Å². The van der Waals surface area contributed by atoms with E-state index in [0.29, 0.717) is 0 Å². The molecule has 0 amide bonds. The van der Waals surface area contributed by atoms with Gasteiger partial charge in [0, 0.05) is 0 Å². The Morgan fingerprint density at radius 2 is 1.40 bits per heavy atom. The minimum Gasteiger partial charge on any atom is -0.312 e. The Hall–Kier alpha value is -0.860. The van der Waals surface area contributed by atoms with Crippen molar-refractivity contribution in [1.82, 2.24) is 5.06 Å². The molecule has 112 valence electrons. The standard InChI is InChI=1S/C18H29NO/c1-5-12-17(4)15-10-8-9-11-16(15)18(13-6-2,14-7-3)19(17)20/h8-11,20H,5-7,12-14H2,1-4H3. The Balaban J connectivity index is 2.59. The van der Waals surface area contributed by atoms with E-state index in [0.717, 1.165) is 38.5 Å². The Labute approximate surface area is 123 Å². The molecule has 0 saturated heterocycles. The largest absolute Gasteiger partial charge is 0.312 e. The molecule has 1 atom stereocenters. The Morgan fingerprint density at radius 3 is 1.90 bits per heavy atom. The summed E-state index contributed by atoms with van der Waals surface area (Å²) < 4.78 is 0. The minimum absolute atomic E-state index is 0.190. The van der Waals surface area contributed by atoms with Crippen molar-refractivity contribution in [2.24, 2.45) is 0 Å². The van der Waals surface area contributed by atoms with E-state index in [9.17, 15) is 5.21 Å². The number of hydroxylamine groups is 2. The summed E-state index contributed by atoms with van der Waals surface area (Å²) in [4.78, 5) is 0. The lowest BCUT2D eigenvalue weighted by Crippen LogP contribution is -2.47. The highest BCUT2D eigenvalue weighted by atomic mass is 16.5. The quantitative estimate of drug-likeness (QED) is 0.771. The van der Waals surface area contributed by atoms with Crippen LogP contribution in [0.4, 0.5) is 0 Å². The highest BCUT2D eigenvalue weighted by Crippen LogP contribution is 2.54. The fraction of sp³-hybridized carbons (Fsp3) is 0.667. The second-order valence-corrected chi connectivity index (χ2v) is 6.41.